The molecule has 0 saturated heterocycles. The van der Waals surface area contributed by atoms with Crippen LogP contribution in [0.25, 0.3) is 0 Å². The molecule has 0 atom stereocenters. The fourth-order valence-electron chi connectivity index (χ4n) is 3.53. The highest BCUT2D eigenvalue weighted by molar-refractivity contribution is 5.00. The van der Waals surface area contributed by atoms with Crippen molar-refractivity contribution < 1.29 is 0 Å². The van der Waals surface area contributed by atoms with E-state index >= 15 is 0 Å². The normalized spacial score (nSPS) is 26.8. The molecule has 0 amide bonds. The van der Waals surface area contributed by atoms with Crippen LogP contribution in [0.5, 0.6) is 0 Å². The Morgan fingerprint density at radius 3 is 2.06 bits per heavy atom. The van der Waals surface area contributed by atoms with Gasteiger partial charge < -0.3 is 5.73 Å². The highest BCUT2D eigenvalue weighted by Gasteiger charge is 2.43. The van der Waals surface area contributed by atoms with Crippen molar-refractivity contribution in [3.8, 4) is 0 Å². The van der Waals surface area contributed by atoms with Gasteiger partial charge in [0.2, 0.25) is 0 Å². The van der Waals surface area contributed by atoms with Gasteiger partial charge in [-0.05, 0) is 63.7 Å². The van der Waals surface area contributed by atoms with Gasteiger partial charge in [0.05, 0.1) is 0 Å². The van der Waals surface area contributed by atoms with E-state index in [9.17, 15) is 0 Å². The van der Waals surface area contributed by atoms with Crippen LogP contribution in [0.1, 0.15) is 66.2 Å². The first-order chi connectivity index (χ1) is 8.38. The van der Waals surface area contributed by atoms with E-state index in [-0.39, 0.29) is 0 Å². The van der Waals surface area contributed by atoms with Crippen molar-refractivity contribution in [1.29, 1.82) is 0 Å². The van der Waals surface area contributed by atoms with Gasteiger partial charge in [-0.2, -0.15) is 0 Å². The molecule has 0 aromatic rings. The molecule has 0 bridgehead atoms. The summed E-state index contributed by atoms with van der Waals surface area (Å²) < 4.78 is 0. The predicted octanol–water partition coefficient (Wildman–Crippen LogP) is 3.40. The maximum Gasteiger partial charge on any atom is 0.0334 e. The summed E-state index contributed by atoms with van der Waals surface area (Å²) in [5.41, 5.74) is 7.05. The number of nitrogens with two attached hydrogens (primary N) is 1. The van der Waals surface area contributed by atoms with Gasteiger partial charge >= 0.3 is 0 Å². The van der Waals surface area contributed by atoms with E-state index in [0.29, 0.717) is 17.0 Å². The number of nitrogens with zero attached hydrogens (tertiary/aromatic N) is 1. The first kappa shape index (κ1) is 14.3. The molecule has 2 aliphatic rings. The van der Waals surface area contributed by atoms with E-state index in [1.54, 1.807) is 0 Å². The van der Waals surface area contributed by atoms with Crippen LogP contribution < -0.4 is 5.73 Å². The van der Waals surface area contributed by atoms with Crippen molar-refractivity contribution in [2.45, 2.75) is 77.8 Å². The highest BCUT2D eigenvalue weighted by atomic mass is 15.2. The Morgan fingerprint density at radius 2 is 1.67 bits per heavy atom. The molecule has 0 spiro atoms. The Labute approximate surface area is 113 Å². The van der Waals surface area contributed by atoms with Gasteiger partial charge in [-0.25, -0.2) is 0 Å². The van der Waals surface area contributed by atoms with Crippen LogP contribution >= 0.6 is 0 Å². The van der Waals surface area contributed by atoms with E-state index in [1.807, 2.05) is 0 Å². The molecule has 2 nitrogen and oxygen atoms in total. The van der Waals surface area contributed by atoms with Crippen LogP contribution in [-0.4, -0.2) is 29.6 Å². The molecule has 2 saturated carbocycles. The molecule has 0 aliphatic heterocycles. The summed E-state index contributed by atoms with van der Waals surface area (Å²) in [6, 6.07) is 0.635. The summed E-state index contributed by atoms with van der Waals surface area (Å²) >= 11 is 0. The molecular weight excluding hydrogens is 220 g/mol. The topological polar surface area (TPSA) is 29.3 Å². The lowest BCUT2D eigenvalue weighted by atomic mass is 9.68. The van der Waals surface area contributed by atoms with E-state index in [4.69, 9.17) is 5.73 Å². The zero-order valence-corrected chi connectivity index (χ0v) is 12.8. The van der Waals surface area contributed by atoms with E-state index < -0.39 is 0 Å². The smallest absolute Gasteiger partial charge is 0.0334 e. The van der Waals surface area contributed by atoms with E-state index in [2.05, 4.69) is 32.6 Å². The van der Waals surface area contributed by atoms with Crippen LogP contribution in [0.4, 0.5) is 0 Å². The number of rotatable bonds is 5. The lowest BCUT2D eigenvalue weighted by Gasteiger charge is -2.51. The molecule has 0 aromatic heterocycles. The van der Waals surface area contributed by atoms with Crippen molar-refractivity contribution in [2.75, 3.05) is 13.1 Å². The first-order valence-corrected chi connectivity index (χ1v) is 7.85. The van der Waals surface area contributed by atoms with Crippen molar-refractivity contribution in [1.82, 2.24) is 4.90 Å². The molecule has 2 N–H and O–H groups in total. The molecular formula is C16H32N2. The van der Waals surface area contributed by atoms with Gasteiger partial charge in [0.25, 0.3) is 0 Å². The van der Waals surface area contributed by atoms with Gasteiger partial charge in [0.1, 0.15) is 0 Å². The summed E-state index contributed by atoms with van der Waals surface area (Å²) in [6.07, 6.45) is 8.13. The molecule has 0 radical (unpaired) electrons. The predicted molar refractivity (Wildman–Crippen MR) is 78.6 cm³/mol. The van der Waals surface area contributed by atoms with Gasteiger partial charge in [-0.15, -0.1) is 0 Å². The van der Waals surface area contributed by atoms with Crippen LogP contribution in [0.2, 0.25) is 0 Å². The third-order valence-corrected chi connectivity index (χ3v) is 5.30. The lowest BCUT2D eigenvalue weighted by molar-refractivity contribution is -0.00127. The molecule has 2 aliphatic carbocycles. The molecule has 0 aromatic carbocycles. The second-order valence-electron chi connectivity index (χ2n) is 7.78. The molecule has 18 heavy (non-hydrogen) atoms. The zero-order chi connectivity index (χ0) is 13.4. The van der Waals surface area contributed by atoms with Crippen molar-refractivity contribution in [2.24, 2.45) is 17.1 Å². The SMILES string of the molecule is CC(C)N(CC1CC1)C1(CN)CCC(C)(C)CC1. The summed E-state index contributed by atoms with van der Waals surface area (Å²) in [5, 5.41) is 0. The second kappa shape index (κ2) is 5.13. The summed E-state index contributed by atoms with van der Waals surface area (Å²) in [6.45, 7) is 11.6. The summed E-state index contributed by atoms with van der Waals surface area (Å²) in [4.78, 5) is 2.75. The van der Waals surface area contributed by atoms with Crippen molar-refractivity contribution >= 4 is 0 Å². The average molecular weight is 252 g/mol. The Bertz CT molecular complexity index is 269. The number of hydrogen-bond donors (Lipinski definition) is 1. The van der Waals surface area contributed by atoms with Crippen LogP contribution in [0.3, 0.4) is 0 Å². The Morgan fingerprint density at radius 1 is 1.11 bits per heavy atom. The van der Waals surface area contributed by atoms with Gasteiger partial charge in [0, 0.05) is 24.7 Å². The van der Waals surface area contributed by atoms with Crippen LogP contribution in [0, 0.1) is 11.3 Å². The molecule has 0 heterocycles. The first-order valence-electron chi connectivity index (χ1n) is 7.85. The molecule has 106 valence electrons. The minimum Gasteiger partial charge on any atom is -0.329 e. The fraction of sp³-hybridized carbons (Fsp3) is 1.00. The fourth-order valence-corrected chi connectivity index (χ4v) is 3.53. The quantitative estimate of drug-likeness (QED) is 0.812. The summed E-state index contributed by atoms with van der Waals surface area (Å²) in [5.74, 6) is 0.964. The Balaban J connectivity index is 2.08. The van der Waals surface area contributed by atoms with E-state index in [0.717, 1.165) is 12.5 Å². The Kier molecular flexibility index (Phi) is 4.08. The molecule has 2 rings (SSSR count). The van der Waals surface area contributed by atoms with Gasteiger partial charge in [-0.3, -0.25) is 4.90 Å². The van der Waals surface area contributed by atoms with Crippen LogP contribution in [0.15, 0.2) is 0 Å². The maximum absolute atomic E-state index is 6.22. The van der Waals surface area contributed by atoms with Crippen LogP contribution in [-0.2, 0) is 0 Å². The van der Waals surface area contributed by atoms with E-state index in [1.165, 1.54) is 45.1 Å². The maximum atomic E-state index is 6.22. The highest BCUT2D eigenvalue weighted by Crippen LogP contribution is 2.44. The lowest BCUT2D eigenvalue weighted by Crippen LogP contribution is -2.59. The van der Waals surface area contributed by atoms with Crippen molar-refractivity contribution in [3.63, 3.8) is 0 Å². The second-order valence-corrected chi connectivity index (χ2v) is 7.78. The van der Waals surface area contributed by atoms with Gasteiger partial charge in [0.15, 0.2) is 0 Å². The van der Waals surface area contributed by atoms with Gasteiger partial charge in [-0.1, -0.05) is 13.8 Å². The minimum absolute atomic E-state index is 0.298. The monoisotopic (exact) mass is 252 g/mol. The Hall–Kier alpha value is -0.0800. The van der Waals surface area contributed by atoms with Crippen molar-refractivity contribution in [3.05, 3.63) is 0 Å². The standard InChI is InChI=1S/C16H32N2/c1-13(2)18(11-14-5-6-14)16(12-17)9-7-15(3,4)8-10-16/h13-14H,5-12,17H2,1-4H3. The third-order valence-electron chi connectivity index (χ3n) is 5.30. The average Bonchev–Trinajstić information content (AvgIpc) is 3.11. The third kappa shape index (κ3) is 3.08. The number of hydrogen-bond acceptors (Lipinski definition) is 2. The molecule has 0 unspecified atom stereocenters. The molecule has 2 heteroatoms. The zero-order valence-electron chi connectivity index (χ0n) is 12.8. The minimum atomic E-state index is 0.298. The largest absolute Gasteiger partial charge is 0.329 e. The summed E-state index contributed by atoms with van der Waals surface area (Å²) in [7, 11) is 0. The molecule has 2 fully saturated rings.